The van der Waals surface area contributed by atoms with E-state index in [0.717, 1.165) is 67.6 Å². The largest absolute Gasteiger partial charge is 0.501 e. The van der Waals surface area contributed by atoms with Gasteiger partial charge in [0.25, 0.3) is 0 Å². The van der Waals surface area contributed by atoms with Crippen LogP contribution in [0.4, 0.5) is 13.2 Å². The fourth-order valence-electron chi connectivity index (χ4n) is 8.92. The number of fused-ring (bicyclic) bond motifs is 4. The Morgan fingerprint density at radius 1 is 0.614 bits per heavy atom. The molecule has 3 heterocycles. The monoisotopic (exact) mass is 1100 g/mol. The number of alkyl halides is 3. The molecule has 0 fully saturated rings. The number of furan rings is 1. The van der Waals surface area contributed by atoms with Gasteiger partial charge in [-0.3, -0.25) is 4.98 Å². The van der Waals surface area contributed by atoms with E-state index in [-0.39, 0.29) is 37.5 Å². The van der Waals surface area contributed by atoms with Gasteiger partial charge in [-0.05, 0) is 110 Å². The molecule has 11 aromatic rings. The molecule has 0 amide bonds. The van der Waals surface area contributed by atoms with Gasteiger partial charge >= 0.3 is 6.18 Å². The van der Waals surface area contributed by atoms with Crippen LogP contribution in [0.2, 0.25) is 0 Å². The van der Waals surface area contributed by atoms with Gasteiger partial charge in [0.15, 0.2) is 0 Å². The van der Waals surface area contributed by atoms with Crippen molar-refractivity contribution < 1.29 is 41.8 Å². The molecule has 0 unspecified atom stereocenters. The minimum absolute atomic E-state index is 0. The predicted molar refractivity (Wildman–Crippen MR) is 275 cm³/mol. The quantitative estimate of drug-likeness (QED) is 0.142. The van der Waals surface area contributed by atoms with E-state index in [9.17, 15) is 13.2 Å². The Balaban J connectivity index is 0.000000264. The number of pyridine rings is 1. The fourth-order valence-corrected chi connectivity index (χ4v) is 8.92. The molecular weight excluding hydrogens is 1050 g/mol. The van der Waals surface area contributed by atoms with Crippen molar-refractivity contribution >= 4 is 33.0 Å². The maximum absolute atomic E-state index is 12.4. The zero-order valence-corrected chi connectivity index (χ0v) is 41.2. The van der Waals surface area contributed by atoms with E-state index in [1.54, 1.807) is 0 Å². The van der Waals surface area contributed by atoms with Gasteiger partial charge < -0.3 is 14.0 Å². The molecule has 11 rings (SSSR count). The number of para-hydroxylation sites is 2. The standard InChI is InChI=1S/C49H39N2O.C13H9F3N.Ir/c1-31(2)42-28-38(36-24-22-35(23-25-36)33-14-7-5-8-15-33)29-43(32(3)4)47(42)51-45-21-12-11-20-44(45)50-49(51)41-19-13-18-40-39-27-26-37(30-46(39)52-48(40)41)34-16-9-6-10-17-34;1-9-2-7-12(17-8-9)10-3-5-11(6-4-10)13(14,15)16;/h5-18,20-32H,1-4H3;2-3,5-8H,1H3;/q2*-1;/i;1D3;. The van der Waals surface area contributed by atoms with Gasteiger partial charge in [-0.15, -0.1) is 48.0 Å². The van der Waals surface area contributed by atoms with Crippen molar-refractivity contribution in [1.29, 1.82) is 0 Å². The molecule has 3 aromatic heterocycles. The molecule has 4 nitrogen and oxygen atoms in total. The van der Waals surface area contributed by atoms with Gasteiger partial charge in [-0.25, -0.2) is 0 Å². The minimum atomic E-state index is -4.41. The van der Waals surface area contributed by atoms with Crippen LogP contribution < -0.4 is 0 Å². The Morgan fingerprint density at radius 2 is 1.23 bits per heavy atom. The Morgan fingerprint density at radius 3 is 1.83 bits per heavy atom. The molecule has 0 aliphatic heterocycles. The van der Waals surface area contributed by atoms with E-state index < -0.39 is 18.6 Å². The molecule has 0 atom stereocenters. The summed E-state index contributed by atoms with van der Waals surface area (Å²) >= 11 is 0. The van der Waals surface area contributed by atoms with Crippen LogP contribution in [0.1, 0.15) is 65.9 Å². The number of hydrogen-bond acceptors (Lipinski definition) is 3. The normalized spacial score (nSPS) is 12.4. The number of aryl methyl sites for hydroxylation is 1. The van der Waals surface area contributed by atoms with Crippen LogP contribution >= 0.6 is 0 Å². The van der Waals surface area contributed by atoms with E-state index >= 15 is 0 Å². The minimum Gasteiger partial charge on any atom is -0.501 e. The number of nitrogens with zero attached hydrogens (tertiary/aromatic N) is 3. The summed E-state index contributed by atoms with van der Waals surface area (Å²) in [6.45, 7) is 6.91. The molecular formula is C62H48F3IrN3O-2. The van der Waals surface area contributed by atoms with Gasteiger partial charge in [-0.1, -0.05) is 160 Å². The first-order chi connectivity index (χ1) is 34.6. The number of imidazole rings is 1. The maximum atomic E-state index is 12.4. The molecule has 1 radical (unpaired) electrons. The second kappa shape index (κ2) is 19.9. The smallest absolute Gasteiger partial charge is 0.381 e. The molecule has 0 saturated heterocycles. The maximum Gasteiger partial charge on any atom is 0.381 e. The Hall–Kier alpha value is -7.38. The summed E-state index contributed by atoms with van der Waals surface area (Å²) in [5.41, 5.74) is 15.5. The van der Waals surface area contributed by atoms with Crippen molar-refractivity contribution in [2.45, 2.75) is 52.6 Å². The van der Waals surface area contributed by atoms with Crippen LogP contribution in [0.3, 0.4) is 0 Å². The van der Waals surface area contributed by atoms with Gasteiger partial charge in [0.2, 0.25) is 0 Å². The molecule has 0 bridgehead atoms. The second-order valence-electron chi connectivity index (χ2n) is 17.7. The van der Waals surface area contributed by atoms with Crippen LogP contribution in [0.15, 0.2) is 193 Å². The van der Waals surface area contributed by atoms with Crippen LogP contribution in [-0.4, -0.2) is 14.5 Å². The van der Waals surface area contributed by atoms with Gasteiger partial charge in [0, 0.05) is 41.5 Å². The first kappa shape index (κ1) is 43.9. The van der Waals surface area contributed by atoms with E-state index in [4.69, 9.17) is 13.5 Å². The zero-order valence-electron chi connectivity index (χ0n) is 41.8. The van der Waals surface area contributed by atoms with Crippen molar-refractivity contribution in [2.24, 2.45) is 0 Å². The van der Waals surface area contributed by atoms with Gasteiger partial charge in [0.1, 0.15) is 5.58 Å². The summed E-state index contributed by atoms with van der Waals surface area (Å²) < 4.78 is 68.0. The summed E-state index contributed by atoms with van der Waals surface area (Å²) in [4.78, 5) is 9.27. The van der Waals surface area contributed by atoms with Crippen molar-refractivity contribution in [1.82, 2.24) is 14.5 Å². The summed E-state index contributed by atoms with van der Waals surface area (Å²) in [5.74, 6) is 1.35. The second-order valence-corrected chi connectivity index (χ2v) is 17.7. The fraction of sp³-hybridized carbons (Fsp3) is 0.129. The first-order valence-corrected chi connectivity index (χ1v) is 22.9. The van der Waals surface area contributed by atoms with Crippen LogP contribution in [-0.2, 0) is 26.3 Å². The first-order valence-electron chi connectivity index (χ1n) is 24.4. The number of halogens is 3. The SMILES string of the molecule is CC(C)c1cc(-c2ccc(-c3ccccc3)cc2)cc(C(C)C)c1-n1c(-c2[c-]ccc3c2oc2cc(-c4ccccc4)ccc23)nc2ccccc21.[2H]C([2H])([2H])c1ccc(-c2[c-]cc(C(F)(F)F)cc2)nc1.[Ir]. The summed E-state index contributed by atoms with van der Waals surface area (Å²) in [6.07, 6.45) is -3.22. The van der Waals surface area contributed by atoms with Crippen LogP contribution in [0.25, 0.3) is 94.7 Å². The van der Waals surface area contributed by atoms with E-state index in [1.807, 2.05) is 12.1 Å². The predicted octanol–water partition coefficient (Wildman–Crippen LogP) is 17.5. The molecule has 0 aliphatic carbocycles. The third kappa shape index (κ3) is 9.50. The number of benzene rings is 8. The van der Waals surface area contributed by atoms with Gasteiger partial charge in [0.05, 0.1) is 22.4 Å². The third-order valence-electron chi connectivity index (χ3n) is 12.5. The number of aromatic nitrogens is 3. The van der Waals surface area contributed by atoms with E-state index in [0.29, 0.717) is 11.3 Å². The molecule has 349 valence electrons. The topological polar surface area (TPSA) is 43.9 Å². The van der Waals surface area contributed by atoms with Gasteiger partial charge in [-0.2, -0.15) is 13.2 Å². The summed E-state index contributed by atoms with van der Waals surface area (Å²) in [6, 6.07) is 65.8. The van der Waals surface area contributed by atoms with E-state index in [1.165, 1.54) is 63.5 Å². The molecule has 8 heteroatoms. The van der Waals surface area contributed by atoms with Crippen molar-refractivity contribution in [3.8, 4) is 61.7 Å². The Kier molecular flexibility index (Phi) is 12.5. The molecule has 8 aromatic carbocycles. The van der Waals surface area contributed by atoms with Crippen LogP contribution in [0.5, 0.6) is 0 Å². The summed E-state index contributed by atoms with van der Waals surface area (Å²) in [5, 5.41) is 2.14. The van der Waals surface area contributed by atoms with Crippen molar-refractivity contribution in [2.75, 3.05) is 0 Å². The van der Waals surface area contributed by atoms with Crippen molar-refractivity contribution in [3.63, 3.8) is 0 Å². The van der Waals surface area contributed by atoms with Crippen LogP contribution in [0, 0.1) is 19.0 Å². The molecule has 70 heavy (non-hydrogen) atoms. The average Bonchev–Trinajstić information content (AvgIpc) is 3.97. The molecule has 0 spiro atoms. The molecule has 0 saturated carbocycles. The number of rotatable bonds is 8. The van der Waals surface area contributed by atoms with E-state index in [2.05, 4.69) is 189 Å². The Labute approximate surface area is 424 Å². The molecule has 0 aliphatic rings. The average molecular weight is 1100 g/mol. The Bertz CT molecular complexity index is 3620. The number of hydrogen-bond donors (Lipinski definition) is 0. The zero-order chi connectivity index (χ0) is 50.3. The molecule has 0 N–H and O–H groups in total. The summed E-state index contributed by atoms with van der Waals surface area (Å²) in [7, 11) is 0. The third-order valence-corrected chi connectivity index (χ3v) is 12.5. The van der Waals surface area contributed by atoms with Crippen molar-refractivity contribution in [3.05, 3.63) is 223 Å².